The van der Waals surface area contributed by atoms with Gasteiger partial charge in [0.25, 0.3) is 20.2 Å². The molecule has 7 aromatic rings. The lowest BCUT2D eigenvalue weighted by Crippen LogP contribution is -1.98. The number of fused-ring (bicyclic) bond motifs is 20. The van der Waals surface area contributed by atoms with E-state index in [1.54, 1.807) is 36.4 Å². The highest BCUT2D eigenvalue weighted by atomic mass is 32.2. The van der Waals surface area contributed by atoms with Crippen LogP contribution in [-0.2, 0) is 39.0 Å². The van der Waals surface area contributed by atoms with Gasteiger partial charge in [0.15, 0.2) is 23.3 Å². The monoisotopic (exact) mass is 834 g/mol. The average Bonchev–Trinajstić information content (AvgIpc) is 3.90. The number of hydrogen-bond donors (Lipinski definition) is 6. The zero-order valence-electron chi connectivity index (χ0n) is 27.3. The van der Waals surface area contributed by atoms with Crippen molar-refractivity contribution in [3.63, 3.8) is 0 Å². The molecule has 0 saturated heterocycles. The molecule has 0 radical (unpaired) electrons. The molecule has 20 nitrogen and oxygen atoms in total. The van der Waals surface area contributed by atoms with Crippen molar-refractivity contribution in [3.8, 4) is 45.6 Å². The molecule has 4 aromatic carbocycles. The van der Waals surface area contributed by atoms with Gasteiger partial charge in [-0.2, -0.15) is 16.8 Å². The molecule has 0 fully saturated rings. The first-order valence-electron chi connectivity index (χ1n) is 15.5. The van der Waals surface area contributed by atoms with Gasteiger partial charge in [0.1, 0.15) is 22.6 Å². The molecule has 9 rings (SSSR count). The van der Waals surface area contributed by atoms with E-state index < -0.39 is 30.0 Å². The Balaban J connectivity index is 1.44. The van der Waals surface area contributed by atoms with Crippen LogP contribution in [0.4, 0.5) is 0 Å². The zero-order chi connectivity index (χ0) is 38.9. The maximum absolute atomic E-state index is 12.2. The number of aromatic amines is 2. The van der Waals surface area contributed by atoms with Gasteiger partial charge in [-0.05, 0) is 72.8 Å². The SMILES string of the molecule is O=S(=O)(O)c1ccc2c(c1)-c1nc-2nc2[nH]c(nc3nc(nc4[nH]c(n1)c1ccc(SOOO)cc41)-c1cc(SOOO)ccc1-3)c1ccc(S(=O)(=O)O)cc21. The Morgan fingerprint density at radius 3 is 1.43 bits per heavy atom. The molecule has 6 N–H and O–H groups in total. The van der Waals surface area contributed by atoms with Crippen molar-refractivity contribution in [3.05, 3.63) is 72.8 Å². The molecule has 0 unspecified atom stereocenters. The van der Waals surface area contributed by atoms with Crippen molar-refractivity contribution >= 4 is 88.5 Å². The van der Waals surface area contributed by atoms with E-state index in [4.69, 9.17) is 35.4 Å². The van der Waals surface area contributed by atoms with Crippen LogP contribution in [0.15, 0.2) is 92.4 Å². The molecule has 5 heterocycles. The van der Waals surface area contributed by atoms with Crippen LogP contribution in [-0.4, -0.2) is 76.3 Å². The van der Waals surface area contributed by atoms with Crippen molar-refractivity contribution in [2.24, 2.45) is 0 Å². The Kier molecular flexibility index (Phi) is 8.80. The van der Waals surface area contributed by atoms with Crippen LogP contribution in [0.25, 0.3) is 89.7 Å². The quantitative estimate of drug-likeness (QED) is 0.0428. The van der Waals surface area contributed by atoms with E-state index in [2.05, 4.69) is 33.7 Å². The minimum absolute atomic E-state index is 0.0205. The summed E-state index contributed by atoms with van der Waals surface area (Å²) in [7, 11) is -9.33. The van der Waals surface area contributed by atoms with Crippen LogP contribution in [0, 0.1) is 0 Å². The summed E-state index contributed by atoms with van der Waals surface area (Å²) >= 11 is 1.41. The first kappa shape index (κ1) is 36.2. The normalized spacial score (nSPS) is 12.6. The second-order valence-corrected chi connectivity index (χ2v) is 16.2. The van der Waals surface area contributed by atoms with Crippen LogP contribution >= 0.6 is 24.1 Å². The van der Waals surface area contributed by atoms with E-state index in [1.165, 1.54) is 36.4 Å². The smallest absolute Gasteiger partial charge is 0.294 e. The van der Waals surface area contributed by atoms with Crippen LogP contribution in [0.1, 0.15) is 0 Å². The van der Waals surface area contributed by atoms with Crippen LogP contribution in [0.3, 0.4) is 0 Å². The molecular weight excluding hydrogens is 817 g/mol. The predicted molar refractivity (Wildman–Crippen MR) is 197 cm³/mol. The van der Waals surface area contributed by atoms with Gasteiger partial charge in [0.2, 0.25) is 0 Å². The van der Waals surface area contributed by atoms with Crippen LogP contribution in [0.5, 0.6) is 0 Å². The lowest BCUT2D eigenvalue weighted by atomic mass is 10.1. The summed E-state index contributed by atoms with van der Waals surface area (Å²) in [5, 5.41) is 26.7. The zero-order valence-corrected chi connectivity index (χ0v) is 30.6. The van der Waals surface area contributed by atoms with E-state index in [1.807, 2.05) is 0 Å². The number of nitrogens with zero attached hydrogens (tertiary/aromatic N) is 6. The first-order valence-corrected chi connectivity index (χ1v) is 19.9. The summed E-state index contributed by atoms with van der Waals surface area (Å²) < 4.78 is 78.0. The van der Waals surface area contributed by atoms with E-state index in [9.17, 15) is 25.9 Å². The Hall–Kier alpha value is -5.48. The molecule has 0 aliphatic carbocycles. The van der Waals surface area contributed by atoms with Crippen LogP contribution in [0.2, 0.25) is 0 Å². The van der Waals surface area contributed by atoms with Crippen molar-refractivity contribution in [2.45, 2.75) is 19.6 Å². The summed E-state index contributed by atoms with van der Waals surface area (Å²) in [6.45, 7) is 0. The molecule has 2 aliphatic rings. The topological polar surface area (TPSA) is 295 Å². The Labute approximate surface area is 320 Å². The fourth-order valence-corrected chi connectivity index (χ4v) is 8.05. The molecule has 0 saturated carbocycles. The van der Waals surface area contributed by atoms with Gasteiger partial charge in [0.05, 0.1) is 33.9 Å². The minimum Gasteiger partial charge on any atom is -0.324 e. The summed E-state index contributed by atoms with van der Waals surface area (Å²) in [4.78, 5) is 35.0. The lowest BCUT2D eigenvalue weighted by Gasteiger charge is -2.02. The molecule has 0 amide bonds. The maximum atomic E-state index is 12.2. The molecule has 24 heteroatoms. The Morgan fingerprint density at radius 1 is 0.464 bits per heavy atom. The third kappa shape index (κ3) is 6.43. The van der Waals surface area contributed by atoms with Gasteiger partial charge in [0, 0.05) is 53.6 Å². The van der Waals surface area contributed by atoms with Crippen molar-refractivity contribution in [1.82, 2.24) is 39.9 Å². The van der Waals surface area contributed by atoms with Gasteiger partial charge in [-0.25, -0.2) is 40.4 Å². The number of H-pyrrole nitrogens is 2. The standard InChI is InChI=1S/C32H18N8O12S4/c41-49-51-53-13-1-5-17-21(9-13)29-34-25(17)33-27-19-7-3-15(55(43,44)45)11-23(19)32(37-27)39-28-20-8-4-16(56(46,47)48)12-24(20)31(38-28)36-26-18-6-2-14(54-52-50-42)10-22(18)30(35-26)40-29/h1-12,41-42H,(H,43,44,45)(H,46,47,48)(H2,33,34,35,36,37,38,39,40). The molecule has 282 valence electrons. The fraction of sp³-hybridized carbons (Fsp3) is 0. The Morgan fingerprint density at radius 2 is 0.875 bits per heavy atom. The van der Waals surface area contributed by atoms with Gasteiger partial charge in [-0.3, -0.25) is 9.11 Å². The molecule has 2 aliphatic heterocycles. The lowest BCUT2D eigenvalue weighted by molar-refractivity contribution is -0.432. The molecule has 0 spiro atoms. The highest BCUT2D eigenvalue weighted by molar-refractivity contribution is 7.94. The number of aromatic nitrogens is 8. The van der Waals surface area contributed by atoms with Crippen molar-refractivity contribution in [2.75, 3.05) is 0 Å². The second kappa shape index (κ2) is 13.6. The number of nitrogens with one attached hydrogen (secondary N) is 2. The minimum atomic E-state index is -4.67. The van der Waals surface area contributed by atoms with Gasteiger partial charge < -0.3 is 9.97 Å². The van der Waals surface area contributed by atoms with Crippen LogP contribution < -0.4 is 0 Å². The number of benzene rings is 4. The molecule has 0 atom stereocenters. The van der Waals surface area contributed by atoms with E-state index >= 15 is 0 Å². The molecular formula is C32H18N8O12S4. The summed E-state index contributed by atoms with van der Waals surface area (Å²) in [5.41, 5.74) is 2.18. The van der Waals surface area contributed by atoms with E-state index in [-0.39, 0.29) is 56.8 Å². The van der Waals surface area contributed by atoms with E-state index in [0.29, 0.717) is 66.7 Å². The largest absolute Gasteiger partial charge is 0.324 e. The number of rotatable bonds is 8. The van der Waals surface area contributed by atoms with E-state index in [0.717, 1.165) is 0 Å². The summed E-state index contributed by atoms with van der Waals surface area (Å²) in [5.74, 6) is 0.344. The molecule has 56 heavy (non-hydrogen) atoms. The number of hydrogen-bond acceptors (Lipinski definition) is 18. The van der Waals surface area contributed by atoms with Gasteiger partial charge in [-0.15, -0.1) is 8.67 Å². The fourth-order valence-electron chi connectivity index (χ4n) is 6.24. The van der Waals surface area contributed by atoms with Gasteiger partial charge >= 0.3 is 0 Å². The highest BCUT2D eigenvalue weighted by Gasteiger charge is 2.25. The maximum Gasteiger partial charge on any atom is 0.294 e. The third-order valence-corrected chi connectivity index (χ3v) is 11.5. The summed E-state index contributed by atoms with van der Waals surface area (Å²) in [6.07, 6.45) is 0. The Bertz CT molecular complexity index is 3220. The van der Waals surface area contributed by atoms with Crippen molar-refractivity contribution < 1.29 is 55.2 Å². The van der Waals surface area contributed by atoms with Crippen molar-refractivity contribution in [1.29, 1.82) is 0 Å². The third-order valence-electron chi connectivity index (χ3n) is 8.63. The predicted octanol–water partition coefficient (Wildman–Crippen LogP) is 6.22. The summed E-state index contributed by atoms with van der Waals surface area (Å²) in [6, 6.07) is 17.6. The first-order chi connectivity index (χ1) is 26.9. The average molecular weight is 835 g/mol. The van der Waals surface area contributed by atoms with Gasteiger partial charge in [-0.1, -0.05) is 10.1 Å². The highest BCUT2D eigenvalue weighted by Crippen LogP contribution is 2.40. The molecule has 8 bridgehead atoms. The second-order valence-electron chi connectivity index (χ2n) is 11.8. The molecule has 3 aromatic heterocycles.